The molecule has 0 bridgehead atoms. The van der Waals surface area contributed by atoms with Crippen LogP contribution in [0.3, 0.4) is 0 Å². The van der Waals surface area contributed by atoms with Crippen LogP contribution in [0.4, 0.5) is 5.69 Å². The zero-order chi connectivity index (χ0) is 14.0. The fraction of sp³-hybridized carbons (Fsp3) is 0.529. The highest BCUT2D eigenvalue weighted by Gasteiger charge is 2.34. The maximum Gasteiger partial charge on any atom is 0.120 e. The molecule has 0 radical (unpaired) electrons. The minimum Gasteiger partial charge on any atom is -0.497 e. The molecule has 0 aromatic heterocycles. The van der Waals surface area contributed by atoms with Crippen LogP contribution in [0.1, 0.15) is 52.5 Å². The number of nitrogens with one attached hydrogen (secondary N) is 1. The summed E-state index contributed by atoms with van der Waals surface area (Å²) < 4.78 is 5.36. The van der Waals surface area contributed by atoms with Gasteiger partial charge in [-0.1, -0.05) is 20.8 Å². The maximum absolute atomic E-state index is 5.36. The molecule has 0 unspecified atom stereocenters. The largest absolute Gasteiger partial charge is 0.497 e. The number of fused-ring (bicyclic) bond motifs is 1. The zero-order valence-corrected chi connectivity index (χ0v) is 12.8. The van der Waals surface area contributed by atoms with Crippen molar-refractivity contribution in [3.8, 4) is 5.75 Å². The minimum atomic E-state index is 0.102. The monoisotopic (exact) mass is 259 g/mol. The first kappa shape index (κ1) is 14.0. The first-order valence-corrected chi connectivity index (χ1v) is 7.28. The molecule has 1 aromatic carbocycles. The van der Waals surface area contributed by atoms with Crippen molar-refractivity contribution in [3.63, 3.8) is 0 Å². The molecule has 2 nitrogen and oxygen atoms in total. The summed E-state index contributed by atoms with van der Waals surface area (Å²) in [5.41, 5.74) is 5.63. The summed E-state index contributed by atoms with van der Waals surface area (Å²) in [6, 6.07) is 6.35. The van der Waals surface area contributed by atoms with Crippen LogP contribution in [-0.4, -0.2) is 12.6 Å². The minimum absolute atomic E-state index is 0.102. The zero-order valence-electron chi connectivity index (χ0n) is 12.8. The van der Waals surface area contributed by atoms with E-state index in [0.29, 0.717) is 0 Å². The first-order chi connectivity index (χ1) is 9.11. The number of hydrogen-bond donors (Lipinski definition) is 1. The molecule has 0 saturated heterocycles. The number of anilines is 1. The second kappa shape index (κ2) is 5.28. The van der Waals surface area contributed by atoms with Gasteiger partial charge in [-0.2, -0.15) is 0 Å². The molecule has 0 atom stereocenters. The molecule has 1 heterocycles. The molecule has 1 N–H and O–H groups in total. The molecular formula is C17H25NO. The summed E-state index contributed by atoms with van der Waals surface area (Å²) in [5, 5.41) is 3.76. The highest BCUT2D eigenvalue weighted by atomic mass is 16.5. The predicted octanol–water partition coefficient (Wildman–Crippen LogP) is 4.86. The van der Waals surface area contributed by atoms with E-state index in [4.69, 9.17) is 4.74 Å². The van der Waals surface area contributed by atoms with Crippen molar-refractivity contribution < 1.29 is 4.74 Å². The second-order valence-corrected chi connectivity index (χ2v) is 5.28. The third-order valence-electron chi connectivity index (χ3n) is 4.66. The molecule has 0 aliphatic carbocycles. The Morgan fingerprint density at radius 3 is 2.37 bits per heavy atom. The summed E-state index contributed by atoms with van der Waals surface area (Å²) in [4.78, 5) is 0. The number of hydrogen-bond acceptors (Lipinski definition) is 2. The molecule has 104 valence electrons. The highest BCUT2D eigenvalue weighted by molar-refractivity contribution is 5.84. The number of allylic oxidation sites excluding steroid dienone is 1. The van der Waals surface area contributed by atoms with E-state index < -0.39 is 0 Å². The highest BCUT2D eigenvalue weighted by Crippen LogP contribution is 2.44. The molecule has 1 aliphatic rings. The maximum atomic E-state index is 5.36. The van der Waals surface area contributed by atoms with Crippen molar-refractivity contribution in [2.24, 2.45) is 0 Å². The lowest BCUT2D eigenvalue weighted by molar-refractivity contribution is 0.414. The van der Waals surface area contributed by atoms with Gasteiger partial charge >= 0.3 is 0 Å². The molecular weight excluding hydrogens is 234 g/mol. The third kappa shape index (κ3) is 2.13. The molecule has 0 saturated carbocycles. The van der Waals surface area contributed by atoms with Gasteiger partial charge in [0, 0.05) is 17.3 Å². The van der Waals surface area contributed by atoms with E-state index in [1.165, 1.54) is 22.4 Å². The number of benzene rings is 1. The molecule has 0 spiro atoms. The summed E-state index contributed by atoms with van der Waals surface area (Å²) in [6.07, 6.45) is 3.29. The standard InChI is InChI=1S/C17H25NO/c1-6-14-12(4)17(7-2,8-3)18-16-11-13(19-5)9-10-15(14)16/h9-11,18H,6-8H2,1-5H3. The summed E-state index contributed by atoms with van der Waals surface area (Å²) >= 11 is 0. The number of methoxy groups -OCH3 is 1. The van der Waals surface area contributed by atoms with Crippen LogP contribution in [0.15, 0.2) is 23.8 Å². The van der Waals surface area contributed by atoms with Gasteiger partial charge in [0.1, 0.15) is 5.75 Å². The van der Waals surface area contributed by atoms with Crippen LogP contribution in [-0.2, 0) is 0 Å². The lowest BCUT2D eigenvalue weighted by Gasteiger charge is -2.41. The van der Waals surface area contributed by atoms with Crippen LogP contribution >= 0.6 is 0 Å². The lowest BCUT2D eigenvalue weighted by Crippen LogP contribution is -2.41. The quantitative estimate of drug-likeness (QED) is 0.833. The van der Waals surface area contributed by atoms with Gasteiger partial charge in [0.15, 0.2) is 0 Å². The first-order valence-electron chi connectivity index (χ1n) is 7.28. The molecule has 19 heavy (non-hydrogen) atoms. The predicted molar refractivity (Wildman–Crippen MR) is 82.8 cm³/mol. The summed E-state index contributed by atoms with van der Waals surface area (Å²) in [6.45, 7) is 9.05. The van der Waals surface area contributed by atoms with Crippen molar-refractivity contribution in [1.82, 2.24) is 0 Å². The van der Waals surface area contributed by atoms with Gasteiger partial charge in [-0.15, -0.1) is 0 Å². The summed E-state index contributed by atoms with van der Waals surface area (Å²) in [5.74, 6) is 0.919. The third-order valence-corrected chi connectivity index (χ3v) is 4.66. The molecule has 2 rings (SSSR count). The number of ether oxygens (including phenoxy) is 1. The second-order valence-electron chi connectivity index (χ2n) is 5.28. The Balaban J connectivity index is 2.61. The summed E-state index contributed by atoms with van der Waals surface area (Å²) in [7, 11) is 1.72. The van der Waals surface area contributed by atoms with Gasteiger partial charge in [0.2, 0.25) is 0 Å². The Bertz CT molecular complexity index is 498. The van der Waals surface area contributed by atoms with E-state index in [-0.39, 0.29) is 5.54 Å². The Morgan fingerprint density at radius 2 is 1.84 bits per heavy atom. The smallest absolute Gasteiger partial charge is 0.120 e. The van der Waals surface area contributed by atoms with Gasteiger partial charge in [-0.3, -0.25) is 0 Å². The van der Waals surface area contributed by atoms with Gasteiger partial charge in [0.25, 0.3) is 0 Å². The van der Waals surface area contributed by atoms with Crippen LogP contribution in [0, 0.1) is 0 Å². The average Bonchev–Trinajstić information content (AvgIpc) is 2.46. The van der Waals surface area contributed by atoms with Gasteiger partial charge in [0.05, 0.1) is 12.6 Å². The average molecular weight is 259 g/mol. The van der Waals surface area contributed by atoms with E-state index in [1.54, 1.807) is 7.11 Å². The Labute approximate surface area is 116 Å². The Kier molecular flexibility index (Phi) is 3.88. The fourth-order valence-electron chi connectivity index (χ4n) is 3.27. The van der Waals surface area contributed by atoms with Crippen LogP contribution < -0.4 is 10.1 Å². The molecule has 0 fully saturated rings. The lowest BCUT2D eigenvalue weighted by atomic mass is 9.76. The molecule has 2 heteroatoms. The molecule has 0 amide bonds. The van der Waals surface area contributed by atoms with Crippen LogP contribution in [0.2, 0.25) is 0 Å². The Hall–Kier alpha value is -1.44. The van der Waals surface area contributed by atoms with Crippen molar-refractivity contribution in [2.75, 3.05) is 12.4 Å². The van der Waals surface area contributed by atoms with E-state index in [1.807, 2.05) is 6.07 Å². The van der Waals surface area contributed by atoms with Gasteiger partial charge < -0.3 is 10.1 Å². The van der Waals surface area contributed by atoms with E-state index in [0.717, 1.165) is 25.0 Å². The van der Waals surface area contributed by atoms with Crippen molar-refractivity contribution in [2.45, 2.75) is 52.5 Å². The van der Waals surface area contributed by atoms with E-state index >= 15 is 0 Å². The van der Waals surface area contributed by atoms with Crippen molar-refractivity contribution >= 4 is 11.3 Å². The molecule has 1 aliphatic heterocycles. The van der Waals surface area contributed by atoms with Crippen molar-refractivity contribution in [3.05, 3.63) is 29.3 Å². The van der Waals surface area contributed by atoms with Crippen LogP contribution in [0.5, 0.6) is 5.75 Å². The van der Waals surface area contributed by atoms with E-state index in [9.17, 15) is 0 Å². The fourth-order valence-corrected chi connectivity index (χ4v) is 3.27. The van der Waals surface area contributed by atoms with Crippen molar-refractivity contribution in [1.29, 1.82) is 0 Å². The molecule has 1 aromatic rings. The van der Waals surface area contributed by atoms with E-state index in [2.05, 4.69) is 45.1 Å². The topological polar surface area (TPSA) is 21.3 Å². The van der Waals surface area contributed by atoms with Gasteiger partial charge in [-0.25, -0.2) is 0 Å². The number of rotatable bonds is 4. The normalized spacial score (nSPS) is 16.9. The Morgan fingerprint density at radius 1 is 1.16 bits per heavy atom. The van der Waals surface area contributed by atoms with Crippen LogP contribution in [0.25, 0.3) is 5.57 Å². The van der Waals surface area contributed by atoms with Gasteiger partial charge in [-0.05, 0) is 49.5 Å². The SMILES string of the molecule is CCC1=C(C)C(CC)(CC)Nc2cc(OC)ccc21.